The van der Waals surface area contributed by atoms with E-state index in [2.05, 4.69) is 12.2 Å². The van der Waals surface area contributed by atoms with Crippen LogP contribution in [0.15, 0.2) is 12.1 Å². The number of hydrogen-bond donors (Lipinski definition) is 1. The van der Waals surface area contributed by atoms with Gasteiger partial charge in [-0.05, 0) is 30.9 Å². The Hall–Kier alpha value is -1.90. The van der Waals surface area contributed by atoms with Crippen LogP contribution in [-0.4, -0.2) is 17.3 Å². The zero-order valence-electron chi connectivity index (χ0n) is 9.63. The van der Waals surface area contributed by atoms with E-state index in [4.69, 9.17) is 4.98 Å². The van der Waals surface area contributed by atoms with Gasteiger partial charge in [0.05, 0.1) is 12.1 Å². The first-order chi connectivity index (χ1) is 8.25. The second-order valence-corrected chi connectivity index (χ2v) is 4.84. The van der Waals surface area contributed by atoms with E-state index in [-0.39, 0.29) is 5.78 Å². The van der Waals surface area contributed by atoms with Crippen LogP contribution in [0.5, 0.6) is 0 Å². The number of carbonyl (C=O) groups is 1. The molecule has 1 aliphatic heterocycles. The number of hydrogen-bond acceptors (Lipinski definition) is 3. The summed E-state index contributed by atoms with van der Waals surface area (Å²) in [6, 6.07) is 3.94. The maximum atomic E-state index is 11.9. The predicted molar refractivity (Wildman–Crippen MR) is 66.7 cm³/mol. The Morgan fingerprint density at radius 1 is 1.29 bits per heavy atom. The number of pyridine rings is 1. The van der Waals surface area contributed by atoms with Crippen molar-refractivity contribution in [3.05, 3.63) is 34.5 Å². The molecule has 1 aliphatic carbocycles. The van der Waals surface area contributed by atoms with E-state index < -0.39 is 0 Å². The number of carbonyl (C=O) groups excluding carboxylic acids is 1. The molecule has 3 nitrogen and oxygen atoms in total. The van der Waals surface area contributed by atoms with Crippen LogP contribution in [0, 0.1) is 6.92 Å². The Bertz CT molecular complexity index is 688. The first-order valence-electron chi connectivity index (χ1n) is 5.98. The van der Waals surface area contributed by atoms with E-state index in [1.54, 1.807) is 0 Å². The number of nitrogens with zero attached hydrogens (tertiary/aromatic N) is 1. The summed E-state index contributed by atoms with van der Waals surface area (Å²) in [7, 11) is 0. The van der Waals surface area contributed by atoms with Gasteiger partial charge in [-0.3, -0.25) is 9.78 Å². The molecule has 4 rings (SSSR count). The molecule has 1 aromatic carbocycles. The minimum absolute atomic E-state index is 0.170. The fraction of sp³-hybridized carbons (Fsp3) is 0.286. The second-order valence-electron chi connectivity index (χ2n) is 4.84. The smallest absolute Gasteiger partial charge is 0.182 e. The Labute approximate surface area is 98.9 Å². The van der Waals surface area contributed by atoms with Crippen molar-refractivity contribution in [3.8, 4) is 0 Å². The molecule has 17 heavy (non-hydrogen) atoms. The third-order valence-corrected chi connectivity index (χ3v) is 3.86. The minimum Gasteiger partial charge on any atom is -0.377 e. The van der Waals surface area contributed by atoms with Gasteiger partial charge >= 0.3 is 0 Å². The van der Waals surface area contributed by atoms with Gasteiger partial charge in [-0.2, -0.15) is 0 Å². The molecule has 0 saturated heterocycles. The van der Waals surface area contributed by atoms with Gasteiger partial charge in [0.2, 0.25) is 0 Å². The molecular weight excluding hydrogens is 212 g/mol. The molecule has 84 valence electrons. The van der Waals surface area contributed by atoms with Crippen LogP contribution >= 0.6 is 0 Å². The lowest BCUT2D eigenvalue weighted by Gasteiger charge is -2.28. The Balaban J connectivity index is 2.25. The van der Waals surface area contributed by atoms with Crippen molar-refractivity contribution in [1.29, 1.82) is 0 Å². The number of benzene rings is 1. The molecule has 0 radical (unpaired) electrons. The Morgan fingerprint density at radius 2 is 2.18 bits per heavy atom. The van der Waals surface area contributed by atoms with E-state index in [1.165, 1.54) is 11.3 Å². The Kier molecular flexibility index (Phi) is 1.54. The molecule has 0 bridgehead atoms. The minimum atomic E-state index is 0.170. The predicted octanol–water partition coefficient (Wildman–Crippen LogP) is 2.25. The lowest BCUT2D eigenvalue weighted by molar-refractivity contribution is 0.101. The molecule has 2 heterocycles. The molecule has 1 N–H and O–H groups in total. The van der Waals surface area contributed by atoms with Crippen LogP contribution in [-0.2, 0) is 12.8 Å². The highest BCUT2D eigenvalue weighted by molar-refractivity contribution is 6.17. The largest absolute Gasteiger partial charge is 0.377 e. The van der Waals surface area contributed by atoms with E-state index in [0.29, 0.717) is 6.54 Å². The zero-order chi connectivity index (χ0) is 11.6. The fourth-order valence-corrected chi connectivity index (χ4v) is 2.82. The number of Topliss-reactive ketones (excluding diaryl/α,β-unsaturated/α-hetero) is 1. The normalized spacial score (nSPS) is 16.4. The summed E-state index contributed by atoms with van der Waals surface area (Å²) in [5.41, 5.74) is 6.66. The summed E-state index contributed by atoms with van der Waals surface area (Å²) in [4.78, 5) is 16.6. The fourth-order valence-electron chi connectivity index (χ4n) is 2.82. The third-order valence-electron chi connectivity index (χ3n) is 3.86. The van der Waals surface area contributed by atoms with Gasteiger partial charge in [0.1, 0.15) is 0 Å². The molecule has 2 aromatic rings. The van der Waals surface area contributed by atoms with Crippen LogP contribution in [0.1, 0.15) is 27.2 Å². The van der Waals surface area contributed by atoms with Crippen LogP contribution in [0.3, 0.4) is 0 Å². The maximum absolute atomic E-state index is 11.9. The van der Waals surface area contributed by atoms with E-state index in [9.17, 15) is 4.79 Å². The number of rotatable bonds is 0. The number of fused-ring (bicyclic) bond motifs is 2. The number of aryl methyl sites for hydroxylation is 2. The maximum Gasteiger partial charge on any atom is 0.182 e. The van der Waals surface area contributed by atoms with Crippen LogP contribution in [0.25, 0.3) is 10.9 Å². The molecule has 0 spiro atoms. The standard InChI is InChI=1S/C14H12N2O/c1-7-2-3-9-11(17)6-15-14-8-4-5-10(8)16-13(7)12(9)14/h2-3,15H,4-6H2,1H3. The van der Waals surface area contributed by atoms with Crippen molar-refractivity contribution in [2.45, 2.75) is 19.8 Å². The van der Waals surface area contributed by atoms with E-state index >= 15 is 0 Å². The molecule has 0 amide bonds. The van der Waals surface area contributed by atoms with Gasteiger partial charge in [0.15, 0.2) is 5.78 Å². The van der Waals surface area contributed by atoms with Gasteiger partial charge < -0.3 is 5.32 Å². The van der Waals surface area contributed by atoms with Crippen molar-refractivity contribution >= 4 is 22.4 Å². The van der Waals surface area contributed by atoms with E-state index in [1.807, 2.05) is 12.1 Å². The molecule has 3 heteroatoms. The van der Waals surface area contributed by atoms with Crippen molar-refractivity contribution in [2.75, 3.05) is 11.9 Å². The van der Waals surface area contributed by atoms with Gasteiger partial charge in [0, 0.05) is 22.3 Å². The average Bonchev–Trinajstić information content (AvgIpc) is 2.28. The Morgan fingerprint density at radius 3 is 2.94 bits per heavy atom. The number of nitrogens with one attached hydrogen (secondary N) is 1. The van der Waals surface area contributed by atoms with Gasteiger partial charge in [-0.25, -0.2) is 0 Å². The second kappa shape index (κ2) is 2.86. The lowest BCUT2D eigenvalue weighted by atomic mass is 9.86. The van der Waals surface area contributed by atoms with E-state index in [0.717, 1.165) is 40.6 Å². The zero-order valence-corrected chi connectivity index (χ0v) is 9.63. The molecule has 2 aliphatic rings. The van der Waals surface area contributed by atoms with Crippen molar-refractivity contribution in [2.24, 2.45) is 0 Å². The molecule has 0 fully saturated rings. The van der Waals surface area contributed by atoms with Crippen molar-refractivity contribution in [3.63, 3.8) is 0 Å². The lowest BCUT2D eigenvalue weighted by Crippen LogP contribution is -2.25. The summed E-state index contributed by atoms with van der Waals surface area (Å²) in [6.07, 6.45) is 2.15. The highest BCUT2D eigenvalue weighted by atomic mass is 16.1. The molecule has 1 aromatic heterocycles. The molecule has 0 unspecified atom stereocenters. The highest BCUT2D eigenvalue weighted by Gasteiger charge is 2.28. The summed E-state index contributed by atoms with van der Waals surface area (Å²) in [5.74, 6) is 0.170. The van der Waals surface area contributed by atoms with Gasteiger partial charge in [0.25, 0.3) is 0 Å². The van der Waals surface area contributed by atoms with Gasteiger partial charge in [-0.15, -0.1) is 0 Å². The van der Waals surface area contributed by atoms with Crippen molar-refractivity contribution < 1.29 is 4.79 Å². The number of anilines is 1. The number of aromatic nitrogens is 1. The topological polar surface area (TPSA) is 42.0 Å². The van der Waals surface area contributed by atoms with Crippen molar-refractivity contribution in [1.82, 2.24) is 4.98 Å². The molecule has 0 atom stereocenters. The summed E-state index contributed by atoms with van der Waals surface area (Å²) in [5, 5.41) is 4.32. The van der Waals surface area contributed by atoms with Crippen LogP contribution in [0.2, 0.25) is 0 Å². The summed E-state index contributed by atoms with van der Waals surface area (Å²) in [6.45, 7) is 2.47. The summed E-state index contributed by atoms with van der Waals surface area (Å²) < 4.78 is 0. The third kappa shape index (κ3) is 1.01. The quantitative estimate of drug-likeness (QED) is 0.746. The van der Waals surface area contributed by atoms with Crippen LogP contribution < -0.4 is 5.32 Å². The molecular formula is C14H12N2O. The summed E-state index contributed by atoms with van der Waals surface area (Å²) >= 11 is 0. The average molecular weight is 224 g/mol. The SMILES string of the molecule is Cc1ccc2c3c(c4c(nc13)CC4)NCC2=O. The first-order valence-corrected chi connectivity index (χ1v) is 5.98. The van der Waals surface area contributed by atoms with Crippen LogP contribution in [0.4, 0.5) is 5.69 Å². The highest BCUT2D eigenvalue weighted by Crippen LogP contribution is 2.39. The molecule has 0 saturated carbocycles. The van der Waals surface area contributed by atoms with Gasteiger partial charge in [-0.1, -0.05) is 12.1 Å². The monoisotopic (exact) mass is 224 g/mol. The number of ketones is 1. The first kappa shape index (κ1) is 9.16.